The number of imidazole rings is 1. The fourth-order valence-electron chi connectivity index (χ4n) is 2.16. The standard InChI is InChI=1S/C14H15N5O3S/c15-23(21,22)11-3-1-10(2-4-11)12-9-17-14-6-5-13(16-7-8-20)18-19(12)14/h1-6,9,20H,7-8H2,(H,16,18)(H2,15,21,22). The van der Waals surface area contributed by atoms with Gasteiger partial charge in [0.25, 0.3) is 0 Å². The Hall–Kier alpha value is -2.49. The molecule has 0 spiro atoms. The molecular formula is C14H15N5O3S. The summed E-state index contributed by atoms with van der Waals surface area (Å²) in [4.78, 5) is 4.32. The van der Waals surface area contributed by atoms with Crippen LogP contribution in [0.2, 0.25) is 0 Å². The average molecular weight is 333 g/mol. The van der Waals surface area contributed by atoms with Crippen molar-refractivity contribution in [3.63, 3.8) is 0 Å². The Balaban J connectivity index is 2.02. The minimum Gasteiger partial charge on any atom is -0.395 e. The number of hydrogen-bond donors (Lipinski definition) is 3. The average Bonchev–Trinajstić information content (AvgIpc) is 2.95. The van der Waals surface area contributed by atoms with Crippen molar-refractivity contribution < 1.29 is 13.5 Å². The number of benzene rings is 1. The molecule has 0 fully saturated rings. The molecule has 0 saturated carbocycles. The van der Waals surface area contributed by atoms with Crippen molar-refractivity contribution in [2.75, 3.05) is 18.5 Å². The number of aliphatic hydroxyl groups is 1. The molecule has 8 nitrogen and oxygen atoms in total. The third-order valence-corrected chi connectivity index (χ3v) is 4.19. The SMILES string of the molecule is NS(=O)(=O)c1ccc(-c2cnc3ccc(NCCO)nn23)cc1. The van der Waals surface area contributed by atoms with Crippen LogP contribution < -0.4 is 10.5 Å². The lowest BCUT2D eigenvalue weighted by Gasteiger charge is -2.06. The lowest BCUT2D eigenvalue weighted by atomic mass is 10.2. The van der Waals surface area contributed by atoms with Crippen molar-refractivity contribution in [3.05, 3.63) is 42.6 Å². The summed E-state index contributed by atoms with van der Waals surface area (Å²) in [6.07, 6.45) is 1.66. The number of nitrogens with zero attached hydrogens (tertiary/aromatic N) is 3. The van der Waals surface area contributed by atoms with Crippen molar-refractivity contribution in [3.8, 4) is 11.3 Å². The maximum Gasteiger partial charge on any atom is 0.238 e. The number of nitrogens with two attached hydrogens (primary N) is 1. The maximum absolute atomic E-state index is 11.3. The Morgan fingerprint density at radius 1 is 1.17 bits per heavy atom. The van der Waals surface area contributed by atoms with Crippen LogP contribution in [-0.2, 0) is 10.0 Å². The molecule has 3 rings (SSSR count). The second kappa shape index (κ2) is 5.95. The lowest BCUT2D eigenvalue weighted by Crippen LogP contribution is -2.11. The van der Waals surface area contributed by atoms with Crippen LogP contribution in [0.4, 0.5) is 5.82 Å². The summed E-state index contributed by atoms with van der Waals surface area (Å²) in [5.74, 6) is 0.604. The summed E-state index contributed by atoms with van der Waals surface area (Å²) >= 11 is 0. The molecule has 1 aromatic carbocycles. The smallest absolute Gasteiger partial charge is 0.238 e. The van der Waals surface area contributed by atoms with Gasteiger partial charge in [-0.15, -0.1) is 5.10 Å². The molecule has 0 amide bonds. The van der Waals surface area contributed by atoms with E-state index in [-0.39, 0.29) is 11.5 Å². The van der Waals surface area contributed by atoms with E-state index in [2.05, 4.69) is 15.4 Å². The van der Waals surface area contributed by atoms with E-state index in [9.17, 15) is 8.42 Å². The van der Waals surface area contributed by atoms with Gasteiger partial charge in [0.05, 0.1) is 23.4 Å². The molecule has 0 bridgehead atoms. The fraction of sp³-hybridized carbons (Fsp3) is 0.143. The van der Waals surface area contributed by atoms with Gasteiger partial charge in [0.1, 0.15) is 5.82 Å². The number of sulfonamides is 1. The molecule has 0 radical (unpaired) electrons. The van der Waals surface area contributed by atoms with E-state index in [1.165, 1.54) is 12.1 Å². The third kappa shape index (κ3) is 3.16. The van der Waals surface area contributed by atoms with Crippen LogP contribution >= 0.6 is 0 Å². The first-order valence-corrected chi connectivity index (χ1v) is 8.36. The summed E-state index contributed by atoms with van der Waals surface area (Å²) in [5.41, 5.74) is 2.13. The molecular weight excluding hydrogens is 318 g/mol. The molecule has 2 aromatic heterocycles. The van der Waals surface area contributed by atoms with Crippen molar-refractivity contribution in [1.29, 1.82) is 0 Å². The van der Waals surface area contributed by atoms with Gasteiger partial charge in [0.15, 0.2) is 5.65 Å². The molecule has 2 heterocycles. The number of hydrogen-bond acceptors (Lipinski definition) is 6. The van der Waals surface area contributed by atoms with Gasteiger partial charge in [0.2, 0.25) is 10.0 Å². The Morgan fingerprint density at radius 2 is 1.91 bits per heavy atom. The zero-order valence-electron chi connectivity index (χ0n) is 12.0. The first kappa shape index (κ1) is 15.4. The zero-order valence-corrected chi connectivity index (χ0v) is 12.9. The molecule has 23 heavy (non-hydrogen) atoms. The summed E-state index contributed by atoms with van der Waals surface area (Å²) in [7, 11) is -3.72. The van der Waals surface area contributed by atoms with Crippen LogP contribution in [-0.4, -0.2) is 41.3 Å². The van der Waals surface area contributed by atoms with Gasteiger partial charge < -0.3 is 10.4 Å². The normalized spacial score (nSPS) is 11.7. The van der Waals surface area contributed by atoms with E-state index >= 15 is 0 Å². The second-order valence-corrected chi connectivity index (χ2v) is 6.41. The van der Waals surface area contributed by atoms with E-state index < -0.39 is 10.0 Å². The Kier molecular flexibility index (Phi) is 3.99. The summed E-state index contributed by atoms with van der Waals surface area (Å²) < 4.78 is 24.3. The summed E-state index contributed by atoms with van der Waals surface area (Å²) in [6, 6.07) is 9.76. The third-order valence-electron chi connectivity index (χ3n) is 3.26. The van der Waals surface area contributed by atoms with Gasteiger partial charge in [-0.2, -0.15) is 0 Å². The van der Waals surface area contributed by atoms with Crippen molar-refractivity contribution >= 4 is 21.5 Å². The lowest BCUT2D eigenvalue weighted by molar-refractivity contribution is 0.311. The number of anilines is 1. The van der Waals surface area contributed by atoms with Gasteiger partial charge in [-0.05, 0) is 24.3 Å². The molecule has 0 aliphatic carbocycles. The maximum atomic E-state index is 11.3. The predicted octanol–water partition coefficient (Wildman–Crippen LogP) is 0.448. The zero-order chi connectivity index (χ0) is 16.4. The summed E-state index contributed by atoms with van der Waals surface area (Å²) in [5, 5.41) is 21.3. The predicted molar refractivity (Wildman–Crippen MR) is 85.4 cm³/mol. The Bertz CT molecular complexity index is 935. The number of fused-ring (bicyclic) bond motifs is 1. The van der Waals surface area contributed by atoms with E-state index in [4.69, 9.17) is 10.2 Å². The highest BCUT2D eigenvalue weighted by Crippen LogP contribution is 2.22. The monoisotopic (exact) mass is 333 g/mol. The van der Waals surface area contributed by atoms with E-state index in [1.54, 1.807) is 35.0 Å². The molecule has 0 unspecified atom stereocenters. The van der Waals surface area contributed by atoms with Gasteiger partial charge in [-0.1, -0.05) is 12.1 Å². The quantitative estimate of drug-likeness (QED) is 0.623. The van der Waals surface area contributed by atoms with Gasteiger partial charge in [-0.3, -0.25) is 0 Å². The highest BCUT2D eigenvalue weighted by atomic mass is 32.2. The number of aromatic nitrogens is 3. The van der Waals surface area contributed by atoms with Crippen LogP contribution in [0.25, 0.3) is 16.9 Å². The van der Waals surface area contributed by atoms with Crippen LogP contribution in [0, 0.1) is 0 Å². The summed E-state index contributed by atoms with van der Waals surface area (Å²) in [6.45, 7) is 0.400. The van der Waals surface area contributed by atoms with Crippen LogP contribution in [0.3, 0.4) is 0 Å². The van der Waals surface area contributed by atoms with Crippen molar-refractivity contribution in [2.24, 2.45) is 5.14 Å². The Morgan fingerprint density at radius 3 is 2.57 bits per heavy atom. The highest BCUT2D eigenvalue weighted by Gasteiger charge is 2.11. The number of nitrogens with one attached hydrogen (secondary N) is 1. The van der Waals surface area contributed by atoms with Crippen molar-refractivity contribution in [1.82, 2.24) is 14.6 Å². The van der Waals surface area contributed by atoms with Gasteiger partial charge >= 0.3 is 0 Å². The molecule has 9 heteroatoms. The largest absolute Gasteiger partial charge is 0.395 e. The molecule has 0 aliphatic rings. The molecule has 0 atom stereocenters. The van der Waals surface area contributed by atoms with E-state index in [1.807, 2.05) is 0 Å². The fourth-order valence-corrected chi connectivity index (χ4v) is 2.68. The van der Waals surface area contributed by atoms with Gasteiger partial charge in [0, 0.05) is 12.1 Å². The van der Waals surface area contributed by atoms with Gasteiger partial charge in [-0.25, -0.2) is 23.1 Å². The topological polar surface area (TPSA) is 123 Å². The van der Waals surface area contributed by atoms with Crippen LogP contribution in [0.1, 0.15) is 0 Å². The first-order chi connectivity index (χ1) is 11.0. The number of aliphatic hydroxyl groups excluding tert-OH is 1. The first-order valence-electron chi connectivity index (χ1n) is 6.82. The highest BCUT2D eigenvalue weighted by molar-refractivity contribution is 7.89. The van der Waals surface area contributed by atoms with E-state index in [0.717, 1.165) is 5.56 Å². The van der Waals surface area contributed by atoms with Crippen LogP contribution in [0.5, 0.6) is 0 Å². The molecule has 3 aromatic rings. The molecule has 120 valence electrons. The minimum atomic E-state index is -3.72. The molecule has 0 aliphatic heterocycles. The minimum absolute atomic E-state index is 0.00548. The molecule has 0 saturated heterocycles. The van der Waals surface area contributed by atoms with Crippen LogP contribution in [0.15, 0.2) is 47.5 Å². The number of primary sulfonamides is 1. The van der Waals surface area contributed by atoms with E-state index in [0.29, 0.717) is 23.7 Å². The second-order valence-electron chi connectivity index (χ2n) is 4.85. The molecule has 4 N–H and O–H groups in total. The van der Waals surface area contributed by atoms with Crippen molar-refractivity contribution in [2.45, 2.75) is 4.90 Å². The number of rotatable bonds is 5. The Labute approximate surface area is 132 Å².